The molecule has 5 heteroatoms. The lowest BCUT2D eigenvalue weighted by atomic mass is 10.0. The predicted molar refractivity (Wildman–Crippen MR) is 105 cm³/mol. The molecule has 2 rings (SSSR count). The van der Waals surface area contributed by atoms with Crippen molar-refractivity contribution in [2.75, 3.05) is 19.0 Å². The Kier molecular flexibility index (Phi) is 7.04. The Morgan fingerprint density at radius 3 is 2.54 bits per heavy atom. The van der Waals surface area contributed by atoms with Crippen LogP contribution in [-0.4, -0.2) is 25.7 Å². The van der Waals surface area contributed by atoms with Crippen LogP contribution in [0.15, 0.2) is 42.5 Å². The third-order valence-electron chi connectivity index (χ3n) is 4.19. The van der Waals surface area contributed by atoms with E-state index < -0.39 is 0 Å². The van der Waals surface area contributed by atoms with E-state index in [2.05, 4.69) is 16.7 Å². The molecule has 0 bridgehead atoms. The lowest BCUT2D eigenvalue weighted by Crippen LogP contribution is -2.39. The van der Waals surface area contributed by atoms with Crippen molar-refractivity contribution in [2.24, 2.45) is 0 Å². The molecule has 140 valence electrons. The molecule has 2 aromatic carbocycles. The molecule has 0 radical (unpaired) electrons. The first-order valence-corrected chi connectivity index (χ1v) is 8.89. The summed E-state index contributed by atoms with van der Waals surface area (Å²) >= 11 is 0. The van der Waals surface area contributed by atoms with Crippen LogP contribution in [0, 0.1) is 6.92 Å². The summed E-state index contributed by atoms with van der Waals surface area (Å²) in [6.45, 7) is 8.37. The Morgan fingerprint density at radius 2 is 1.85 bits per heavy atom. The number of amides is 1. The van der Waals surface area contributed by atoms with E-state index in [1.165, 1.54) is 0 Å². The molecule has 2 aromatic rings. The fourth-order valence-corrected chi connectivity index (χ4v) is 2.82. The van der Waals surface area contributed by atoms with Gasteiger partial charge in [-0.1, -0.05) is 29.8 Å². The van der Waals surface area contributed by atoms with Crippen LogP contribution in [0.5, 0.6) is 11.5 Å². The van der Waals surface area contributed by atoms with Gasteiger partial charge in [-0.25, -0.2) is 0 Å². The van der Waals surface area contributed by atoms with Crippen molar-refractivity contribution in [1.29, 1.82) is 0 Å². The van der Waals surface area contributed by atoms with E-state index in [9.17, 15) is 4.79 Å². The maximum atomic E-state index is 12.6. The number of para-hydroxylation sites is 2. The molecule has 0 spiro atoms. The number of ether oxygens (including phenoxy) is 2. The molecule has 0 aliphatic heterocycles. The fourth-order valence-electron chi connectivity index (χ4n) is 2.82. The van der Waals surface area contributed by atoms with Crippen LogP contribution in [0.2, 0.25) is 0 Å². The Balaban J connectivity index is 2.06. The minimum Gasteiger partial charge on any atom is -0.496 e. The summed E-state index contributed by atoms with van der Waals surface area (Å²) < 4.78 is 11.0. The molecule has 0 aliphatic rings. The van der Waals surface area contributed by atoms with Gasteiger partial charge in [0.15, 0.2) is 0 Å². The van der Waals surface area contributed by atoms with E-state index in [-0.39, 0.29) is 18.0 Å². The van der Waals surface area contributed by atoms with E-state index in [0.717, 1.165) is 16.9 Å². The highest BCUT2D eigenvalue weighted by molar-refractivity contribution is 5.95. The van der Waals surface area contributed by atoms with Crippen LogP contribution in [-0.2, 0) is 4.79 Å². The van der Waals surface area contributed by atoms with Crippen LogP contribution in [0.4, 0.5) is 5.69 Å². The maximum Gasteiger partial charge on any atom is 0.241 e. The monoisotopic (exact) mass is 356 g/mol. The molecule has 0 saturated carbocycles. The Labute approximate surface area is 155 Å². The Morgan fingerprint density at radius 1 is 1.12 bits per heavy atom. The van der Waals surface area contributed by atoms with E-state index in [1.54, 1.807) is 7.11 Å². The number of hydrogen-bond acceptors (Lipinski definition) is 4. The van der Waals surface area contributed by atoms with Crippen molar-refractivity contribution >= 4 is 11.6 Å². The minimum atomic E-state index is -0.384. The second-order valence-corrected chi connectivity index (χ2v) is 6.27. The lowest BCUT2D eigenvalue weighted by molar-refractivity contribution is -0.118. The standard InChI is InChI=1S/C21H28N2O3/c1-6-26-20-10-8-7-9-18(20)23-21(24)16(4)22-15(3)17-13-14(2)11-12-19(17)25-5/h7-13,15-16,22H,6H2,1-5H3,(H,23,24). The van der Waals surface area contributed by atoms with Gasteiger partial charge in [0.1, 0.15) is 11.5 Å². The normalized spacial score (nSPS) is 13.0. The van der Waals surface area contributed by atoms with Crippen LogP contribution < -0.4 is 20.1 Å². The number of rotatable bonds is 8. The van der Waals surface area contributed by atoms with Gasteiger partial charge in [-0.15, -0.1) is 0 Å². The number of methoxy groups -OCH3 is 1. The molecule has 0 aromatic heterocycles. The SMILES string of the molecule is CCOc1ccccc1NC(=O)C(C)NC(C)c1cc(C)ccc1OC. The highest BCUT2D eigenvalue weighted by Crippen LogP contribution is 2.27. The number of nitrogens with one attached hydrogen (secondary N) is 2. The fraction of sp³-hybridized carbons (Fsp3) is 0.381. The van der Waals surface area contributed by atoms with Gasteiger partial charge in [0.25, 0.3) is 0 Å². The molecule has 5 nitrogen and oxygen atoms in total. The summed E-state index contributed by atoms with van der Waals surface area (Å²) in [6.07, 6.45) is 0. The van der Waals surface area contributed by atoms with Gasteiger partial charge in [0.2, 0.25) is 5.91 Å². The van der Waals surface area contributed by atoms with E-state index >= 15 is 0 Å². The summed E-state index contributed by atoms with van der Waals surface area (Å²) in [5.74, 6) is 1.37. The zero-order valence-electron chi connectivity index (χ0n) is 16.1. The maximum absolute atomic E-state index is 12.6. The van der Waals surface area contributed by atoms with E-state index in [4.69, 9.17) is 9.47 Å². The first-order chi connectivity index (χ1) is 12.5. The highest BCUT2D eigenvalue weighted by atomic mass is 16.5. The molecular weight excluding hydrogens is 328 g/mol. The molecule has 0 fully saturated rings. The second-order valence-electron chi connectivity index (χ2n) is 6.27. The van der Waals surface area contributed by atoms with Gasteiger partial charge in [0, 0.05) is 11.6 Å². The first-order valence-electron chi connectivity index (χ1n) is 8.89. The van der Waals surface area contributed by atoms with Crippen molar-refractivity contribution in [3.63, 3.8) is 0 Å². The summed E-state index contributed by atoms with van der Waals surface area (Å²) in [6, 6.07) is 13.1. The van der Waals surface area contributed by atoms with Gasteiger partial charge in [-0.3, -0.25) is 10.1 Å². The quantitative estimate of drug-likeness (QED) is 0.748. The van der Waals surface area contributed by atoms with Gasteiger partial charge < -0.3 is 14.8 Å². The van der Waals surface area contributed by atoms with Gasteiger partial charge in [0.05, 0.1) is 25.4 Å². The number of aryl methyl sites for hydroxylation is 1. The third-order valence-corrected chi connectivity index (χ3v) is 4.19. The largest absolute Gasteiger partial charge is 0.496 e. The molecule has 0 saturated heterocycles. The average Bonchev–Trinajstić information content (AvgIpc) is 2.63. The number of carbonyl (C=O) groups is 1. The van der Waals surface area contributed by atoms with Crippen molar-refractivity contribution in [2.45, 2.75) is 39.8 Å². The van der Waals surface area contributed by atoms with Crippen molar-refractivity contribution in [1.82, 2.24) is 5.32 Å². The average molecular weight is 356 g/mol. The van der Waals surface area contributed by atoms with Crippen LogP contribution in [0.3, 0.4) is 0 Å². The van der Waals surface area contributed by atoms with Gasteiger partial charge >= 0.3 is 0 Å². The van der Waals surface area contributed by atoms with Crippen LogP contribution in [0.1, 0.15) is 37.9 Å². The topological polar surface area (TPSA) is 59.6 Å². The summed E-state index contributed by atoms with van der Waals surface area (Å²) in [7, 11) is 1.65. The molecule has 0 heterocycles. The van der Waals surface area contributed by atoms with E-state index in [1.807, 2.05) is 64.1 Å². The van der Waals surface area contributed by atoms with Crippen molar-refractivity contribution in [3.05, 3.63) is 53.6 Å². The number of anilines is 1. The number of carbonyl (C=O) groups excluding carboxylic acids is 1. The second kappa shape index (κ2) is 9.25. The molecule has 26 heavy (non-hydrogen) atoms. The Bertz CT molecular complexity index is 746. The summed E-state index contributed by atoms with van der Waals surface area (Å²) in [4.78, 5) is 12.6. The number of benzene rings is 2. The zero-order chi connectivity index (χ0) is 19.1. The lowest BCUT2D eigenvalue weighted by Gasteiger charge is -2.22. The minimum absolute atomic E-state index is 0.0345. The van der Waals surface area contributed by atoms with Crippen molar-refractivity contribution < 1.29 is 14.3 Å². The molecule has 2 unspecified atom stereocenters. The first kappa shape index (κ1) is 19.8. The summed E-state index contributed by atoms with van der Waals surface area (Å²) in [5.41, 5.74) is 2.85. The van der Waals surface area contributed by atoms with Gasteiger partial charge in [-0.2, -0.15) is 0 Å². The predicted octanol–water partition coefficient (Wildman–Crippen LogP) is 4.08. The third kappa shape index (κ3) is 4.99. The Hall–Kier alpha value is -2.53. The molecular formula is C21H28N2O3. The highest BCUT2D eigenvalue weighted by Gasteiger charge is 2.19. The summed E-state index contributed by atoms with van der Waals surface area (Å²) in [5, 5.41) is 6.27. The van der Waals surface area contributed by atoms with E-state index in [0.29, 0.717) is 18.0 Å². The van der Waals surface area contributed by atoms with Crippen LogP contribution in [0.25, 0.3) is 0 Å². The number of hydrogen-bond donors (Lipinski definition) is 2. The zero-order valence-corrected chi connectivity index (χ0v) is 16.1. The van der Waals surface area contributed by atoms with Gasteiger partial charge in [-0.05, 0) is 45.9 Å². The van der Waals surface area contributed by atoms with Crippen LogP contribution >= 0.6 is 0 Å². The molecule has 1 amide bonds. The smallest absolute Gasteiger partial charge is 0.241 e. The van der Waals surface area contributed by atoms with Crippen molar-refractivity contribution in [3.8, 4) is 11.5 Å². The molecule has 2 N–H and O–H groups in total. The molecule has 0 aliphatic carbocycles. The molecule has 2 atom stereocenters.